The molecule has 0 unspecified atom stereocenters. The summed E-state index contributed by atoms with van der Waals surface area (Å²) in [5.41, 5.74) is 4.69. The van der Waals surface area contributed by atoms with Crippen LogP contribution >= 0.6 is 0 Å². The molecular weight excluding hydrogens is 536 g/mol. The van der Waals surface area contributed by atoms with Gasteiger partial charge in [-0.15, -0.1) is 0 Å². The first-order valence-corrected chi connectivity index (χ1v) is 14.8. The van der Waals surface area contributed by atoms with Crippen molar-refractivity contribution >= 4 is 12.4 Å². The van der Waals surface area contributed by atoms with E-state index in [2.05, 4.69) is 45.0 Å². The van der Waals surface area contributed by atoms with Gasteiger partial charge in [-0.2, -0.15) is 13.2 Å². The lowest BCUT2D eigenvalue weighted by Gasteiger charge is -2.13. The average Bonchev–Trinajstić information content (AvgIpc) is 2.98. The second-order valence-electron chi connectivity index (χ2n) is 10.7. The summed E-state index contributed by atoms with van der Waals surface area (Å²) in [7, 11) is 0. The first-order valence-electron chi connectivity index (χ1n) is 14.8. The number of halogens is 4. The van der Waals surface area contributed by atoms with E-state index >= 15 is 0 Å². The van der Waals surface area contributed by atoms with Gasteiger partial charge in [-0.05, 0) is 80.3 Å². The van der Waals surface area contributed by atoms with Crippen LogP contribution in [0.15, 0.2) is 78.9 Å². The van der Waals surface area contributed by atoms with Crippen LogP contribution in [0.4, 0.5) is 17.6 Å². The highest BCUT2D eigenvalue weighted by atomic mass is 19.4. The highest BCUT2D eigenvalue weighted by Crippen LogP contribution is 2.28. The van der Waals surface area contributed by atoms with Crippen LogP contribution < -0.4 is 0 Å². The van der Waals surface area contributed by atoms with Crippen molar-refractivity contribution in [2.75, 3.05) is 6.67 Å². The summed E-state index contributed by atoms with van der Waals surface area (Å²) in [5.74, 6) is 0.975. The molecule has 2 atom stereocenters. The summed E-state index contributed by atoms with van der Waals surface area (Å²) in [4.78, 5) is 10.4. The summed E-state index contributed by atoms with van der Waals surface area (Å²) in [6.07, 6.45) is 6.68. The van der Waals surface area contributed by atoms with Gasteiger partial charge in [0.25, 0.3) is 0 Å². The minimum Gasteiger partial charge on any atom is -0.298 e. The van der Waals surface area contributed by atoms with Crippen LogP contribution in [0.1, 0.15) is 98.5 Å². The van der Waals surface area contributed by atoms with Gasteiger partial charge in [0.2, 0.25) is 0 Å². The molecule has 0 N–H and O–H groups in total. The molecule has 0 fully saturated rings. The maximum absolute atomic E-state index is 12.1. The molecule has 0 aromatic heterocycles. The zero-order valence-corrected chi connectivity index (χ0v) is 26.5. The molecule has 0 spiro atoms. The molecule has 3 aromatic rings. The molecule has 0 aliphatic heterocycles. The van der Waals surface area contributed by atoms with E-state index in [9.17, 15) is 22.4 Å². The van der Waals surface area contributed by atoms with Crippen molar-refractivity contribution in [2.24, 2.45) is 11.8 Å². The fourth-order valence-electron chi connectivity index (χ4n) is 4.02. The van der Waals surface area contributed by atoms with E-state index < -0.39 is 11.7 Å². The lowest BCUT2D eigenvalue weighted by atomic mass is 9.94. The fraction of sp³-hybridized carbons (Fsp3) is 0.432. The third kappa shape index (κ3) is 18.3. The lowest BCUT2D eigenvalue weighted by Crippen LogP contribution is -2.04. The fourth-order valence-corrected chi connectivity index (χ4v) is 4.02. The number of carbonyl (C=O) groups excluding carboxylic acids is 1. The Kier molecular flexibility index (Phi) is 20.7. The number of hydrogen-bond donors (Lipinski definition) is 0. The van der Waals surface area contributed by atoms with Crippen molar-refractivity contribution < 1.29 is 22.4 Å². The molecule has 0 amide bonds. The smallest absolute Gasteiger partial charge is 0.298 e. The molecule has 42 heavy (non-hydrogen) atoms. The molecule has 0 aliphatic carbocycles. The number of aldehydes is 1. The Bertz CT molecular complexity index is 1120. The Labute approximate surface area is 252 Å². The third-order valence-corrected chi connectivity index (χ3v) is 6.52. The topological polar surface area (TPSA) is 17.1 Å². The molecule has 0 saturated carbocycles. The van der Waals surface area contributed by atoms with Gasteiger partial charge in [0.05, 0.1) is 12.2 Å². The van der Waals surface area contributed by atoms with Crippen molar-refractivity contribution in [3.05, 3.63) is 112 Å². The number of benzene rings is 3. The summed E-state index contributed by atoms with van der Waals surface area (Å²) in [6.45, 7) is 14.1. The second-order valence-corrected chi connectivity index (χ2v) is 10.7. The summed E-state index contributed by atoms with van der Waals surface area (Å²) in [5, 5.41) is 0. The summed E-state index contributed by atoms with van der Waals surface area (Å²) >= 11 is 0. The molecule has 0 bridgehead atoms. The molecule has 0 radical (unpaired) electrons. The van der Waals surface area contributed by atoms with Gasteiger partial charge in [0, 0.05) is 5.56 Å². The van der Waals surface area contributed by atoms with Crippen LogP contribution in [0.25, 0.3) is 6.08 Å². The largest absolute Gasteiger partial charge is 0.416 e. The van der Waals surface area contributed by atoms with Gasteiger partial charge in [0.15, 0.2) is 0 Å². The Balaban J connectivity index is 0.000000538. The van der Waals surface area contributed by atoms with Gasteiger partial charge in [0.1, 0.15) is 6.29 Å². The molecule has 1 nitrogen and oxygen atoms in total. The van der Waals surface area contributed by atoms with E-state index in [4.69, 9.17) is 0 Å². The highest BCUT2D eigenvalue weighted by Gasteiger charge is 2.29. The number of unbranched alkanes of at least 4 members (excludes halogenated alkanes) is 1. The molecule has 0 heterocycles. The zero-order chi connectivity index (χ0) is 32.0. The minimum atomic E-state index is -4.21. The van der Waals surface area contributed by atoms with Crippen molar-refractivity contribution in [3.8, 4) is 0 Å². The van der Waals surface area contributed by atoms with Gasteiger partial charge in [-0.3, -0.25) is 9.18 Å². The minimum absolute atomic E-state index is 0.156. The zero-order valence-electron chi connectivity index (χ0n) is 26.5. The standard InChI is InChI=1S/C11H12O.C10H21F.C8H7F3.C8H10/c1-3-4-11-6-5-10(8-12)7-9(11)2;1-4-5-6-9(2)7-10(3)8-11;1-6-2-4-7(5-3-6)8(9,10)11;1-2-8-6-4-3-5-7-8/h3-8H,1-2H3;9-10H,4-8H2,1-3H3;2-5H,1H3;3-7H,2H2,1H3/b4-3-;;;/t;9-,10-;;/m.0../s1. The highest BCUT2D eigenvalue weighted by molar-refractivity contribution is 5.76. The Morgan fingerprint density at radius 2 is 1.48 bits per heavy atom. The molecule has 232 valence electrons. The van der Waals surface area contributed by atoms with Crippen LogP contribution in [-0.4, -0.2) is 13.0 Å². The van der Waals surface area contributed by atoms with E-state index in [0.717, 1.165) is 48.0 Å². The number of aryl methyl sites for hydroxylation is 3. The molecule has 3 aromatic carbocycles. The third-order valence-electron chi connectivity index (χ3n) is 6.52. The Morgan fingerprint density at radius 1 is 0.857 bits per heavy atom. The quantitative estimate of drug-likeness (QED) is 0.180. The number of allylic oxidation sites excluding steroid dienone is 1. The van der Waals surface area contributed by atoms with Gasteiger partial charge in [-0.1, -0.05) is 119 Å². The van der Waals surface area contributed by atoms with Crippen molar-refractivity contribution in [2.45, 2.75) is 86.7 Å². The van der Waals surface area contributed by atoms with Crippen LogP contribution in [0.5, 0.6) is 0 Å². The molecular formula is C37H50F4O. The van der Waals surface area contributed by atoms with Gasteiger partial charge < -0.3 is 0 Å². The van der Waals surface area contributed by atoms with Crippen LogP contribution in [0.3, 0.4) is 0 Å². The number of alkyl halides is 4. The molecule has 5 heteroatoms. The Morgan fingerprint density at radius 3 is 1.90 bits per heavy atom. The van der Waals surface area contributed by atoms with Crippen molar-refractivity contribution in [3.63, 3.8) is 0 Å². The maximum Gasteiger partial charge on any atom is 0.416 e. The van der Waals surface area contributed by atoms with E-state index in [1.807, 2.05) is 57.2 Å². The summed E-state index contributed by atoms with van der Waals surface area (Å²) in [6, 6.07) is 21.2. The average molecular weight is 587 g/mol. The van der Waals surface area contributed by atoms with E-state index in [1.165, 1.54) is 42.5 Å². The SMILES string of the molecule is C/C=C\c1ccc(C=O)cc1C.CCCC[C@H](C)C[C@H](C)CF.CCc1ccccc1.Cc1ccc(C(F)(F)F)cc1. The maximum atomic E-state index is 12.1. The normalized spacial score (nSPS) is 12.1. The second kappa shape index (κ2) is 22.4. The van der Waals surface area contributed by atoms with Crippen LogP contribution in [-0.2, 0) is 12.6 Å². The van der Waals surface area contributed by atoms with Crippen molar-refractivity contribution in [1.29, 1.82) is 0 Å². The van der Waals surface area contributed by atoms with Crippen LogP contribution in [0, 0.1) is 25.7 Å². The van der Waals surface area contributed by atoms with E-state index in [1.54, 1.807) is 6.92 Å². The predicted molar refractivity (Wildman–Crippen MR) is 172 cm³/mol. The number of carbonyl (C=O) groups is 1. The van der Waals surface area contributed by atoms with Gasteiger partial charge in [-0.25, -0.2) is 0 Å². The molecule has 0 saturated heterocycles. The van der Waals surface area contributed by atoms with Gasteiger partial charge >= 0.3 is 6.18 Å². The lowest BCUT2D eigenvalue weighted by molar-refractivity contribution is -0.137. The molecule has 3 rings (SSSR count). The number of hydrogen-bond acceptors (Lipinski definition) is 1. The van der Waals surface area contributed by atoms with E-state index in [0.29, 0.717) is 5.92 Å². The Hall–Kier alpha value is -3.21. The van der Waals surface area contributed by atoms with E-state index in [-0.39, 0.29) is 12.6 Å². The van der Waals surface area contributed by atoms with Crippen LogP contribution in [0.2, 0.25) is 0 Å². The summed E-state index contributed by atoms with van der Waals surface area (Å²) < 4.78 is 47.8. The van der Waals surface area contributed by atoms with Crippen molar-refractivity contribution in [1.82, 2.24) is 0 Å². The molecule has 0 aliphatic rings. The monoisotopic (exact) mass is 586 g/mol. The predicted octanol–water partition coefficient (Wildman–Crippen LogP) is 11.9. The first kappa shape index (κ1) is 38.8. The number of rotatable bonds is 9. The first-order chi connectivity index (χ1) is 19.9.